The Labute approximate surface area is 183 Å². The normalized spacial score (nSPS) is 4.24. The van der Waals surface area contributed by atoms with Crippen LogP contribution in [0.3, 0.4) is 0 Å². The van der Waals surface area contributed by atoms with Crippen LogP contribution in [0.1, 0.15) is 27.7 Å². The molecule has 0 unspecified atom stereocenters. The van der Waals surface area contributed by atoms with Crippen molar-refractivity contribution in [1.82, 2.24) is 0 Å². The maximum Gasteiger partial charge on any atom is 0 e. The van der Waals surface area contributed by atoms with Crippen molar-refractivity contribution >= 4 is 0 Å². The van der Waals surface area contributed by atoms with E-state index in [-0.39, 0.29) is 109 Å². The van der Waals surface area contributed by atoms with E-state index in [1.165, 1.54) is 0 Å². The Balaban J connectivity index is -0.00000000653. The summed E-state index contributed by atoms with van der Waals surface area (Å²) in [5, 5.41) is 0. The van der Waals surface area contributed by atoms with Crippen LogP contribution in [-0.4, -0.2) is 26.2 Å². The van der Waals surface area contributed by atoms with Crippen LogP contribution in [0.15, 0.2) is 0 Å². The van der Waals surface area contributed by atoms with Crippen LogP contribution in [0, 0.1) is 0 Å². The first-order valence-corrected chi connectivity index (χ1v) is 4.24. The van der Waals surface area contributed by atoms with Gasteiger partial charge in [-0.3, -0.25) is 0 Å². The van der Waals surface area contributed by atoms with Gasteiger partial charge in [-0.15, -0.1) is 0 Å². The quantitative estimate of drug-likeness (QED) is 0.530. The second kappa shape index (κ2) is 120. The van der Waals surface area contributed by atoms with Crippen molar-refractivity contribution in [2.24, 2.45) is 0 Å². The molecule has 0 saturated heterocycles. The molecular formula is C8H24N4Ti5-4. The fourth-order valence-corrected chi connectivity index (χ4v) is 0. The molecule has 0 saturated carbocycles. The Morgan fingerprint density at radius 3 is 0.412 bits per heavy atom. The van der Waals surface area contributed by atoms with Gasteiger partial charge in [-0.05, 0) is 0 Å². The number of hydrogen-bond donors (Lipinski definition) is 0. The molecule has 0 fully saturated rings. The fraction of sp³-hybridized carbons (Fsp3) is 1.00. The van der Waals surface area contributed by atoms with Crippen LogP contribution in [-0.2, 0) is 109 Å². The van der Waals surface area contributed by atoms with Gasteiger partial charge in [0.15, 0.2) is 0 Å². The van der Waals surface area contributed by atoms with Crippen molar-refractivity contribution in [3.05, 3.63) is 22.9 Å². The second-order valence-corrected chi connectivity index (χ2v) is 1.41. The number of nitrogens with one attached hydrogen (secondary N) is 4. The minimum absolute atomic E-state index is 0. The molecule has 0 heterocycles. The first kappa shape index (κ1) is 59.1. The first-order valence-electron chi connectivity index (χ1n) is 4.24. The smallest absolute Gasteiger partial charge is 0 e. The minimum Gasteiger partial charge on any atom is -0.678 e. The van der Waals surface area contributed by atoms with E-state index in [1.807, 2.05) is 0 Å². The van der Waals surface area contributed by atoms with Crippen LogP contribution in [0.5, 0.6) is 0 Å². The van der Waals surface area contributed by atoms with Crippen molar-refractivity contribution in [3.8, 4) is 0 Å². The summed E-state index contributed by atoms with van der Waals surface area (Å²) in [6.45, 7) is 9.17. The Bertz CT molecular complexity index is 33.9. The van der Waals surface area contributed by atoms with Crippen LogP contribution in [0.2, 0.25) is 0 Å². The molecule has 100 valence electrons. The third-order valence-electron chi connectivity index (χ3n) is 0. The molecule has 0 amide bonds. The third kappa shape index (κ3) is 506. The largest absolute Gasteiger partial charge is 0.678 e. The van der Waals surface area contributed by atoms with Gasteiger partial charge >= 0.3 is 0 Å². The predicted molar refractivity (Wildman–Crippen MR) is 59.5 cm³/mol. The van der Waals surface area contributed by atoms with Gasteiger partial charge in [-0.2, -0.15) is 26.2 Å². The Hall–Kier alpha value is 3.41. The van der Waals surface area contributed by atoms with Gasteiger partial charge in [-0.25, -0.2) is 0 Å². The van der Waals surface area contributed by atoms with E-state index >= 15 is 0 Å². The molecule has 0 aromatic rings. The molecule has 0 atom stereocenters. The molecule has 9 heteroatoms. The summed E-state index contributed by atoms with van der Waals surface area (Å²) >= 11 is 0. The second-order valence-electron chi connectivity index (χ2n) is 1.41. The first-order chi connectivity index (χ1) is 5.66. The van der Waals surface area contributed by atoms with E-state index in [0.29, 0.717) is 26.2 Å². The van der Waals surface area contributed by atoms with E-state index < -0.39 is 0 Å². The summed E-state index contributed by atoms with van der Waals surface area (Å²) < 4.78 is 0. The summed E-state index contributed by atoms with van der Waals surface area (Å²) in [7, 11) is 0. The van der Waals surface area contributed by atoms with Crippen LogP contribution in [0.25, 0.3) is 22.9 Å². The molecule has 4 nitrogen and oxygen atoms in total. The van der Waals surface area contributed by atoms with Gasteiger partial charge in [0.25, 0.3) is 0 Å². The molecule has 0 spiro atoms. The zero-order valence-electron chi connectivity index (χ0n) is 11.3. The molecule has 0 aliphatic rings. The van der Waals surface area contributed by atoms with Crippen LogP contribution < -0.4 is 0 Å². The average molecular weight is 416 g/mol. The van der Waals surface area contributed by atoms with Crippen molar-refractivity contribution in [1.29, 1.82) is 0 Å². The van der Waals surface area contributed by atoms with Gasteiger partial charge in [0, 0.05) is 109 Å². The Morgan fingerprint density at radius 2 is 0.412 bits per heavy atom. The Morgan fingerprint density at radius 1 is 0.412 bits per heavy atom. The van der Waals surface area contributed by atoms with Crippen molar-refractivity contribution in [3.63, 3.8) is 0 Å². The maximum atomic E-state index is 6.21. The van der Waals surface area contributed by atoms with E-state index in [0.717, 1.165) is 0 Å². The molecule has 0 radical (unpaired) electrons. The molecule has 0 bridgehead atoms. The van der Waals surface area contributed by atoms with Crippen molar-refractivity contribution in [2.75, 3.05) is 26.2 Å². The molecular weight excluding hydrogens is 391 g/mol. The predicted octanol–water partition coefficient (Wildman–Crippen LogP) is 4.22. The van der Waals surface area contributed by atoms with E-state index in [9.17, 15) is 0 Å². The number of rotatable bonds is 0. The van der Waals surface area contributed by atoms with E-state index in [2.05, 4.69) is 0 Å². The summed E-state index contributed by atoms with van der Waals surface area (Å²) in [5.74, 6) is 0. The zero-order valence-corrected chi connectivity index (χ0v) is 19.1. The van der Waals surface area contributed by atoms with E-state index in [4.69, 9.17) is 22.9 Å². The Kier molecular flexibility index (Phi) is 416. The fourth-order valence-electron chi connectivity index (χ4n) is 0. The molecule has 0 aromatic heterocycles. The van der Waals surface area contributed by atoms with E-state index in [1.54, 1.807) is 27.7 Å². The summed E-state index contributed by atoms with van der Waals surface area (Å²) in [6.07, 6.45) is 0. The van der Waals surface area contributed by atoms with Gasteiger partial charge in [-0.1, -0.05) is 27.7 Å². The molecule has 0 aromatic carbocycles. The number of hydrogen-bond acceptors (Lipinski definition) is 0. The van der Waals surface area contributed by atoms with Gasteiger partial charge < -0.3 is 22.9 Å². The van der Waals surface area contributed by atoms with Gasteiger partial charge in [0.2, 0.25) is 0 Å². The monoisotopic (exact) mass is 416 g/mol. The molecule has 4 N–H and O–H groups in total. The SMILES string of the molecule is CC[NH-].CC[NH-].CC[NH-].CC[NH-].[Ti].[Ti].[Ti].[Ti].[Ti]. The van der Waals surface area contributed by atoms with Gasteiger partial charge in [0.1, 0.15) is 0 Å². The molecule has 0 aliphatic heterocycles. The summed E-state index contributed by atoms with van der Waals surface area (Å²) in [4.78, 5) is 0. The van der Waals surface area contributed by atoms with Crippen molar-refractivity contribution in [2.45, 2.75) is 27.7 Å². The van der Waals surface area contributed by atoms with Crippen LogP contribution in [0.4, 0.5) is 0 Å². The average Bonchev–Trinajstić information content (AvgIpc) is 1.92. The third-order valence-corrected chi connectivity index (χ3v) is 0. The topological polar surface area (TPSA) is 95.2 Å². The molecule has 0 aliphatic carbocycles. The zero-order chi connectivity index (χ0) is 10.8. The van der Waals surface area contributed by atoms with Crippen LogP contribution >= 0.6 is 0 Å². The summed E-state index contributed by atoms with van der Waals surface area (Å²) in [5.41, 5.74) is 24.8. The molecule has 17 heavy (non-hydrogen) atoms. The summed E-state index contributed by atoms with van der Waals surface area (Å²) in [6, 6.07) is 0. The van der Waals surface area contributed by atoms with Gasteiger partial charge in [0.05, 0.1) is 0 Å². The minimum atomic E-state index is 0. The maximum absolute atomic E-state index is 6.21. The standard InChI is InChI=1S/4C2H6N.5Ti/c4*1-2-3;;;;;/h4*3H,2H2,1H3;;;;;/q4*-1;;;;;. The van der Waals surface area contributed by atoms with Crippen molar-refractivity contribution < 1.29 is 109 Å². The molecule has 0 rings (SSSR count).